The van der Waals surface area contributed by atoms with Gasteiger partial charge in [-0.25, -0.2) is 9.78 Å². The van der Waals surface area contributed by atoms with E-state index in [1.165, 1.54) is 0 Å². The summed E-state index contributed by atoms with van der Waals surface area (Å²) in [5.74, 6) is -0.456. The number of ketones is 1. The average Bonchev–Trinajstić information content (AvgIpc) is 3.43. The molecule has 1 aromatic carbocycles. The number of nitriles is 1. The molecule has 1 amide bonds. The van der Waals surface area contributed by atoms with Crippen LogP contribution in [-0.4, -0.2) is 22.5 Å². The molecule has 1 unspecified atom stereocenters. The molecular formula is C24H26ClN3O3. The van der Waals surface area contributed by atoms with Gasteiger partial charge in [-0.1, -0.05) is 30.7 Å². The van der Waals surface area contributed by atoms with Crippen molar-refractivity contribution in [2.75, 3.05) is 5.32 Å². The van der Waals surface area contributed by atoms with Crippen LogP contribution < -0.4 is 5.32 Å². The summed E-state index contributed by atoms with van der Waals surface area (Å²) in [6.45, 7) is 7.29. The highest BCUT2D eigenvalue weighted by atomic mass is 35.5. The minimum atomic E-state index is -0.665. The molecule has 1 saturated carbocycles. The van der Waals surface area contributed by atoms with Gasteiger partial charge in [0.2, 0.25) is 0 Å². The Hall–Kier alpha value is -2.91. The van der Waals surface area contributed by atoms with Crippen LogP contribution in [0.3, 0.4) is 0 Å². The summed E-state index contributed by atoms with van der Waals surface area (Å²) in [5, 5.41) is 12.4. The average molecular weight is 440 g/mol. The van der Waals surface area contributed by atoms with Crippen LogP contribution in [0, 0.1) is 16.7 Å². The van der Waals surface area contributed by atoms with Gasteiger partial charge in [0.05, 0.1) is 5.92 Å². The van der Waals surface area contributed by atoms with Crippen LogP contribution in [0.4, 0.5) is 10.5 Å². The zero-order chi connectivity index (χ0) is 22.8. The molecule has 162 valence electrons. The van der Waals surface area contributed by atoms with Crippen molar-refractivity contribution in [1.82, 2.24) is 4.98 Å². The third kappa shape index (κ3) is 5.83. The van der Waals surface area contributed by atoms with E-state index in [0.29, 0.717) is 34.1 Å². The van der Waals surface area contributed by atoms with E-state index in [1.807, 2.05) is 13.0 Å². The molecule has 1 atom stereocenters. The molecule has 0 bridgehead atoms. The SMILES string of the molecule is CC(C)(C)OC(=O)Nc1cc(Cl)ccc1C(Cc1cccc(C#N)n1)C(=O)C1(C)CC1. The van der Waals surface area contributed by atoms with Crippen LogP contribution in [0.25, 0.3) is 0 Å². The zero-order valence-corrected chi connectivity index (χ0v) is 18.9. The monoisotopic (exact) mass is 439 g/mol. The lowest BCUT2D eigenvalue weighted by atomic mass is 9.82. The molecule has 1 aliphatic carbocycles. The number of ether oxygens (including phenoxy) is 1. The fourth-order valence-electron chi connectivity index (χ4n) is 3.42. The summed E-state index contributed by atoms with van der Waals surface area (Å²) in [5.41, 5.74) is 0.962. The van der Waals surface area contributed by atoms with Gasteiger partial charge in [0.15, 0.2) is 0 Å². The highest BCUT2D eigenvalue weighted by molar-refractivity contribution is 6.31. The predicted molar refractivity (Wildman–Crippen MR) is 119 cm³/mol. The van der Waals surface area contributed by atoms with E-state index in [1.54, 1.807) is 57.2 Å². The van der Waals surface area contributed by atoms with Crippen LogP contribution in [0.5, 0.6) is 0 Å². The quantitative estimate of drug-likeness (QED) is 0.627. The second-order valence-electron chi connectivity index (χ2n) is 9.17. The molecule has 0 aliphatic heterocycles. The molecule has 3 rings (SSSR count). The van der Waals surface area contributed by atoms with Crippen molar-refractivity contribution in [3.8, 4) is 6.07 Å². The normalized spacial score (nSPS) is 15.5. The highest BCUT2D eigenvalue weighted by Gasteiger charge is 2.48. The Morgan fingerprint density at radius 2 is 2.00 bits per heavy atom. The molecule has 0 saturated heterocycles. The Balaban J connectivity index is 1.99. The molecule has 1 heterocycles. The lowest BCUT2D eigenvalue weighted by Gasteiger charge is -2.24. The maximum absolute atomic E-state index is 13.5. The molecule has 1 N–H and O–H groups in total. The summed E-state index contributed by atoms with van der Waals surface area (Å²) < 4.78 is 5.38. The number of halogens is 1. The molecule has 6 nitrogen and oxygen atoms in total. The first kappa shape index (κ1) is 22.8. The highest BCUT2D eigenvalue weighted by Crippen LogP contribution is 2.50. The summed E-state index contributed by atoms with van der Waals surface area (Å²) in [6, 6.07) is 12.3. The van der Waals surface area contributed by atoms with Gasteiger partial charge in [-0.05, 0) is 63.4 Å². The van der Waals surface area contributed by atoms with Crippen LogP contribution in [0.2, 0.25) is 5.02 Å². The number of amides is 1. The van der Waals surface area contributed by atoms with E-state index in [4.69, 9.17) is 16.3 Å². The van der Waals surface area contributed by atoms with E-state index < -0.39 is 17.6 Å². The minimum absolute atomic E-state index is 0.0891. The molecule has 2 aromatic rings. The number of Topliss-reactive ketones (excluding diaryl/α,β-unsaturated/α-hetero) is 1. The number of hydrogen-bond donors (Lipinski definition) is 1. The number of nitrogens with zero attached hydrogens (tertiary/aromatic N) is 2. The number of aromatic nitrogens is 1. The standard InChI is InChI=1S/C24H26ClN3O3/c1-23(2,3)31-22(30)28-20-12-15(25)8-9-18(20)19(21(29)24(4)10-11-24)13-16-6-5-7-17(14-26)27-16/h5-9,12,19H,10-11,13H2,1-4H3,(H,28,30). The lowest BCUT2D eigenvalue weighted by molar-refractivity contribution is -0.125. The van der Waals surface area contributed by atoms with Gasteiger partial charge < -0.3 is 4.74 Å². The van der Waals surface area contributed by atoms with Gasteiger partial charge in [0.25, 0.3) is 0 Å². The van der Waals surface area contributed by atoms with Crippen molar-refractivity contribution in [2.24, 2.45) is 5.41 Å². The van der Waals surface area contributed by atoms with Gasteiger partial charge in [0.1, 0.15) is 23.1 Å². The van der Waals surface area contributed by atoms with Gasteiger partial charge >= 0.3 is 6.09 Å². The minimum Gasteiger partial charge on any atom is -0.444 e. The first-order valence-electron chi connectivity index (χ1n) is 10.2. The van der Waals surface area contributed by atoms with E-state index in [2.05, 4.69) is 10.3 Å². The maximum atomic E-state index is 13.5. The molecule has 0 radical (unpaired) electrons. The van der Waals surface area contributed by atoms with Crippen molar-refractivity contribution < 1.29 is 14.3 Å². The molecule has 31 heavy (non-hydrogen) atoms. The Morgan fingerprint density at radius 3 is 2.61 bits per heavy atom. The fraction of sp³-hybridized carbons (Fsp3) is 0.417. The largest absolute Gasteiger partial charge is 0.444 e. The van der Waals surface area contributed by atoms with Crippen molar-refractivity contribution in [2.45, 2.75) is 58.5 Å². The number of nitrogens with one attached hydrogen (secondary N) is 1. The predicted octanol–water partition coefficient (Wildman–Crippen LogP) is 5.65. The van der Waals surface area contributed by atoms with E-state index >= 15 is 0 Å². The number of hydrogen-bond acceptors (Lipinski definition) is 5. The Morgan fingerprint density at radius 1 is 1.29 bits per heavy atom. The van der Waals surface area contributed by atoms with Gasteiger partial charge in [-0.15, -0.1) is 0 Å². The van der Waals surface area contributed by atoms with Crippen LogP contribution in [0.1, 0.15) is 63.4 Å². The third-order valence-corrected chi connectivity index (χ3v) is 5.51. The second kappa shape index (κ2) is 8.68. The van der Waals surface area contributed by atoms with Crippen molar-refractivity contribution in [3.63, 3.8) is 0 Å². The second-order valence-corrected chi connectivity index (χ2v) is 9.60. The number of benzene rings is 1. The van der Waals surface area contributed by atoms with Crippen LogP contribution in [-0.2, 0) is 16.0 Å². The van der Waals surface area contributed by atoms with Crippen LogP contribution >= 0.6 is 11.6 Å². The first-order valence-corrected chi connectivity index (χ1v) is 10.6. The maximum Gasteiger partial charge on any atom is 0.412 e. The fourth-order valence-corrected chi connectivity index (χ4v) is 3.59. The smallest absolute Gasteiger partial charge is 0.412 e. The molecular weight excluding hydrogens is 414 g/mol. The van der Waals surface area contributed by atoms with Crippen LogP contribution in [0.15, 0.2) is 36.4 Å². The number of carbonyl (C=O) groups excluding carboxylic acids is 2. The molecule has 0 spiro atoms. The lowest BCUT2D eigenvalue weighted by Crippen LogP contribution is -2.29. The number of carbonyl (C=O) groups is 2. The summed E-state index contributed by atoms with van der Waals surface area (Å²) in [7, 11) is 0. The first-order chi connectivity index (χ1) is 14.5. The molecule has 1 aliphatic rings. The molecule has 1 aromatic heterocycles. The van der Waals surface area contributed by atoms with Gasteiger partial charge in [-0.2, -0.15) is 5.26 Å². The number of pyridine rings is 1. The van der Waals surface area contributed by atoms with E-state index in [9.17, 15) is 14.9 Å². The summed E-state index contributed by atoms with van der Waals surface area (Å²) in [4.78, 5) is 30.2. The van der Waals surface area contributed by atoms with Crippen molar-refractivity contribution >= 4 is 29.2 Å². The third-order valence-electron chi connectivity index (χ3n) is 5.27. The zero-order valence-electron chi connectivity index (χ0n) is 18.2. The van der Waals surface area contributed by atoms with Gasteiger partial charge in [-0.3, -0.25) is 10.1 Å². The number of rotatable bonds is 6. The van der Waals surface area contributed by atoms with Gasteiger partial charge in [0, 0.05) is 28.2 Å². The Kier molecular flexibility index (Phi) is 6.38. The summed E-state index contributed by atoms with van der Waals surface area (Å²) >= 11 is 6.19. The molecule has 1 fully saturated rings. The van der Waals surface area contributed by atoms with E-state index in [0.717, 1.165) is 12.8 Å². The number of anilines is 1. The Bertz CT molecular complexity index is 1050. The molecule has 7 heteroatoms. The summed E-state index contributed by atoms with van der Waals surface area (Å²) in [6.07, 6.45) is 1.35. The Labute approximate surface area is 187 Å². The van der Waals surface area contributed by atoms with Crippen molar-refractivity contribution in [1.29, 1.82) is 5.26 Å². The van der Waals surface area contributed by atoms with E-state index in [-0.39, 0.29) is 11.2 Å². The van der Waals surface area contributed by atoms with Crippen molar-refractivity contribution in [3.05, 3.63) is 58.4 Å². The topological polar surface area (TPSA) is 92.1 Å².